The quantitative estimate of drug-likeness (QED) is 0.826. The van der Waals surface area contributed by atoms with Crippen LogP contribution >= 0.6 is 24.0 Å². The number of rotatable bonds is 6. The maximum absolute atomic E-state index is 12.8. The molecule has 1 aliphatic heterocycles. The number of halogens is 2. The number of likely N-dealkylation sites (tertiary alicyclic amines) is 1. The van der Waals surface area contributed by atoms with Gasteiger partial charge in [0.1, 0.15) is 0 Å². The van der Waals surface area contributed by atoms with Crippen LogP contribution in [0.15, 0.2) is 12.1 Å². The highest BCUT2D eigenvalue weighted by Gasteiger charge is 2.32. The van der Waals surface area contributed by atoms with Gasteiger partial charge in [-0.2, -0.15) is 0 Å². The van der Waals surface area contributed by atoms with Crippen molar-refractivity contribution in [2.45, 2.75) is 32.7 Å². The average Bonchev–Trinajstić information content (AvgIpc) is 2.93. The number of amides is 1. The summed E-state index contributed by atoms with van der Waals surface area (Å²) < 4.78 is 11.0. The van der Waals surface area contributed by atoms with Crippen LogP contribution < -0.4 is 15.2 Å². The predicted octanol–water partition coefficient (Wildman–Crippen LogP) is 3.37. The molecule has 0 bridgehead atoms. The van der Waals surface area contributed by atoms with Crippen molar-refractivity contribution in [2.75, 3.05) is 26.8 Å². The lowest BCUT2D eigenvalue weighted by Crippen LogP contribution is -2.34. The molecule has 2 N–H and O–H groups in total. The SMILES string of the molecule is CCCOc1c(Cl)cc(C(=O)N2CC(CN)CC2C)cc1OC.Cl. The Morgan fingerprint density at radius 2 is 2.17 bits per heavy atom. The molecule has 1 heterocycles. The first-order chi connectivity index (χ1) is 11.0. The fraction of sp³-hybridized carbons (Fsp3) is 0.588. The van der Waals surface area contributed by atoms with Crippen LogP contribution in [0.2, 0.25) is 5.02 Å². The van der Waals surface area contributed by atoms with Crippen molar-refractivity contribution >= 4 is 29.9 Å². The van der Waals surface area contributed by atoms with Crippen LogP contribution in [0.4, 0.5) is 0 Å². The molecule has 1 fully saturated rings. The van der Waals surface area contributed by atoms with Crippen LogP contribution in [0, 0.1) is 5.92 Å². The number of benzene rings is 1. The highest BCUT2D eigenvalue weighted by Crippen LogP contribution is 2.37. The Kier molecular flexibility index (Phi) is 8.13. The fourth-order valence-corrected chi connectivity index (χ4v) is 3.21. The molecule has 7 heteroatoms. The molecule has 136 valence electrons. The summed E-state index contributed by atoms with van der Waals surface area (Å²) in [5.41, 5.74) is 6.25. The first kappa shape index (κ1) is 20.9. The molecule has 0 spiro atoms. The Morgan fingerprint density at radius 3 is 2.71 bits per heavy atom. The summed E-state index contributed by atoms with van der Waals surface area (Å²) in [6.07, 6.45) is 1.80. The van der Waals surface area contributed by atoms with Crippen molar-refractivity contribution < 1.29 is 14.3 Å². The Labute approximate surface area is 154 Å². The van der Waals surface area contributed by atoms with Crippen LogP contribution in [-0.2, 0) is 0 Å². The molecular weight excluding hydrogens is 351 g/mol. The van der Waals surface area contributed by atoms with E-state index in [2.05, 4.69) is 0 Å². The van der Waals surface area contributed by atoms with E-state index >= 15 is 0 Å². The van der Waals surface area contributed by atoms with Gasteiger partial charge in [0, 0.05) is 18.2 Å². The third-order valence-electron chi connectivity index (χ3n) is 4.18. The number of nitrogens with zero attached hydrogens (tertiary/aromatic N) is 1. The standard InChI is InChI=1S/C17H25ClN2O3.ClH/c1-4-5-23-16-14(18)7-13(8-15(16)22-3)17(21)20-10-12(9-19)6-11(20)2;/h7-8,11-12H,4-6,9-10,19H2,1-3H3;1H. The predicted molar refractivity (Wildman–Crippen MR) is 98.7 cm³/mol. The monoisotopic (exact) mass is 376 g/mol. The molecule has 1 amide bonds. The van der Waals surface area contributed by atoms with Crippen molar-refractivity contribution in [2.24, 2.45) is 11.7 Å². The molecule has 0 aliphatic carbocycles. The molecule has 2 unspecified atom stereocenters. The first-order valence-electron chi connectivity index (χ1n) is 8.03. The largest absolute Gasteiger partial charge is 0.493 e. The van der Waals surface area contributed by atoms with Crippen molar-refractivity contribution in [3.63, 3.8) is 0 Å². The molecule has 24 heavy (non-hydrogen) atoms. The number of carbonyl (C=O) groups is 1. The topological polar surface area (TPSA) is 64.8 Å². The second-order valence-electron chi connectivity index (χ2n) is 5.98. The van der Waals surface area contributed by atoms with E-state index in [-0.39, 0.29) is 24.4 Å². The third kappa shape index (κ3) is 4.47. The zero-order chi connectivity index (χ0) is 17.0. The molecule has 0 aromatic heterocycles. The smallest absolute Gasteiger partial charge is 0.254 e. The Balaban J connectivity index is 0.00000288. The molecule has 2 rings (SSSR count). The van der Waals surface area contributed by atoms with Crippen LogP contribution in [0.25, 0.3) is 0 Å². The van der Waals surface area contributed by atoms with Gasteiger partial charge in [-0.15, -0.1) is 12.4 Å². The number of methoxy groups -OCH3 is 1. The summed E-state index contributed by atoms with van der Waals surface area (Å²) >= 11 is 6.30. The summed E-state index contributed by atoms with van der Waals surface area (Å²) in [6.45, 7) is 5.89. The molecule has 1 aromatic carbocycles. The Bertz CT molecular complexity index is 569. The third-order valence-corrected chi connectivity index (χ3v) is 4.46. The highest BCUT2D eigenvalue weighted by molar-refractivity contribution is 6.32. The van der Waals surface area contributed by atoms with Gasteiger partial charge in [0.2, 0.25) is 0 Å². The Hall–Kier alpha value is -1.17. The van der Waals surface area contributed by atoms with Gasteiger partial charge in [-0.05, 0) is 44.4 Å². The number of ether oxygens (including phenoxy) is 2. The van der Waals surface area contributed by atoms with E-state index in [0.29, 0.717) is 47.7 Å². The normalized spacial score (nSPS) is 19.8. The minimum Gasteiger partial charge on any atom is -0.493 e. The van der Waals surface area contributed by atoms with Gasteiger partial charge in [-0.3, -0.25) is 4.79 Å². The molecule has 2 atom stereocenters. The molecule has 1 aromatic rings. The first-order valence-corrected chi connectivity index (χ1v) is 8.40. The van der Waals surface area contributed by atoms with Crippen LogP contribution in [0.1, 0.15) is 37.0 Å². The maximum atomic E-state index is 12.8. The molecule has 5 nitrogen and oxygen atoms in total. The van der Waals surface area contributed by atoms with Crippen molar-refractivity contribution in [3.8, 4) is 11.5 Å². The number of hydrogen-bond acceptors (Lipinski definition) is 4. The summed E-state index contributed by atoms with van der Waals surface area (Å²) in [5.74, 6) is 1.28. The van der Waals surface area contributed by atoms with Crippen LogP contribution in [0.3, 0.4) is 0 Å². The number of carbonyl (C=O) groups excluding carboxylic acids is 1. The lowest BCUT2D eigenvalue weighted by molar-refractivity contribution is 0.0743. The zero-order valence-corrected chi connectivity index (χ0v) is 16.0. The van der Waals surface area contributed by atoms with Gasteiger partial charge in [0.05, 0.1) is 18.7 Å². The zero-order valence-electron chi connectivity index (χ0n) is 14.4. The molecule has 1 saturated heterocycles. The minimum atomic E-state index is -0.0457. The van der Waals surface area contributed by atoms with E-state index in [4.69, 9.17) is 26.8 Å². The second-order valence-corrected chi connectivity index (χ2v) is 6.39. The van der Waals surface area contributed by atoms with Gasteiger partial charge in [-0.1, -0.05) is 18.5 Å². The minimum absolute atomic E-state index is 0. The van der Waals surface area contributed by atoms with Crippen molar-refractivity contribution in [3.05, 3.63) is 22.7 Å². The fourth-order valence-electron chi connectivity index (χ4n) is 2.95. The molecule has 1 aliphatic rings. The van der Waals surface area contributed by atoms with E-state index < -0.39 is 0 Å². The molecule has 0 radical (unpaired) electrons. The molecular formula is C17H26Cl2N2O3. The van der Waals surface area contributed by atoms with E-state index in [9.17, 15) is 4.79 Å². The van der Waals surface area contributed by atoms with E-state index in [1.165, 1.54) is 0 Å². The lowest BCUT2D eigenvalue weighted by atomic mass is 10.1. The number of nitrogens with two attached hydrogens (primary N) is 1. The van der Waals surface area contributed by atoms with Crippen LogP contribution in [-0.4, -0.2) is 43.7 Å². The Morgan fingerprint density at radius 1 is 1.46 bits per heavy atom. The second kappa shape index (κ2) is 9.35. The van der Waals surface area contributed by atoms with E-state index in [1.54, 1.807) is 19.2 Å². The van der Waals surface area contributed by atoms with Crippen molar-refractivity contribution in [1.29, 1.82) is 0 Å². The summed E-state index contributed by atoms with van der Waals surface area (Å²) in [5, 5.41) is 0.392. The highest BCUT2D eigenvalue weighted by atomic mass is 35.5. The summed E-state index contributed by atoms with van der Waals surface area (Å²) in [4.78, 5) is 14.7. The van der Waals surface area contributed by atoms with Crippen LogP contribution in [0.5, 0.6) is 11.5 Å². The van der Waals surface area contributed by atoms with E-state index in [1.807, 2.05) is 18.7 Å². The average molecular weight is 377 g/mol. The van der Waals surface area contributed by atoms with Gasteiger partial charge >= 0.3 is 0 Å². The van der Waals surface area contributed by atoms with Gasteiger partial charge in [-0.25, -0.2) is 0 Å². The van der Waals surface area contributed by atoms with Gasteiger partial charge in [0.25, 0.3) is 5.91 Å². The number of hydrogen-bond donors (Lipinski definition) is 1. The van der Waals surface area contributed by atoms with Crippen molar-refractivity contribution in [1.82, 2.24) is 4.90 Å². The summed E-state index contributed by atoms with van der Waals surface area (Å²) in [6, 6.07) is 3.53. The van der Waals surface area contributed by atoms with Gasteiger partial charge in [0.15, 0.2) is 11.5 Å². The van der Waals surface area contributed by atoms with E-state index in [0.717, 1.165) is 12.8 Å². The lowest BCUT2D eigenvalue weighted by Gasteiger charge is -2.22. The maximum Gasteiger partial charge on any atom is 0.254 e. The van der Waals surface area contributed by atoms with Gasteiger partial charge < -0.3 is 20.1 Å². The molecule has 0 saturated carbocycles. The summed E-state index contributed by atoms with van der Waals surface area (Å²) in [7, 11) is 1.54.